The zero-order valence-corrected chi connectivity index (χ0v) is 14.1. The van der Waals surface area contributed by atoms with E-state index in [1.165, 1.54) is 30.6 Å². The molecular weight excluding hydrogens is 365 g/mol. The molecule has 0 saturated heterocycles. The van der Waals surface area contributed by atoms with Gasteiger partial charge in [0.25, 0.3) is 5.69 Å². The third-order valence-electron chi connectivity index (χ3n) is 4.36. The summed E-state index contributed by atoms with van der Waals surface area (Å²) in [5.41, 5.74) is 2.23. The van der Waals surface area contributed by atoms with Crippen molar-refractivity contribution in [2.24, 2.45) is 0 Å². The summed E-state index contributed by atoms with van der Waals surface area (Å²) in [5.74, 6) is 0.0947. The number of nitro benzene ring substituents is 1. The Morgan fingerprint density at radius 1 is 1.04 bits per heavy atom. The molecule has 136 valence electrons. The molecule has 0 bridgehead atoms. The highest BCUT2D eigenvalue weighted by Crippen LogP contribution is 2.26. The average Bonchev–Trinajstić information content (AvgIpc) is 3.32. The maximum absolute atomic E-state index is 13.2. The van der Waals surface area contributed by atoms with Gasteiger partial charge in [0.2, 0.25) is 0 Å². The van der Waals surface area contributed by atoms with Crippen molar-refractivity contribution in [1.82, 2.24) is 29.4 Å². The number of fused-ring (bicyclic) bond motifs is 3. The lowest BCUT2D eigenvalue weighted by Gasteiger charge is -2.03. The van der Waals surface area contributed by atoms with Crippen LogP contribution in [0.3, 0.4) is 0 Å². The van der Waals surface area contributed by atoms with Crippen molar-refractivity contribution in [3.05, 3.63) is 77.0 Å². The van der Waals surface area contributed by atoms with Crippen molar-refractivity contribution < 1.29 is 9.31 Å². The average molecular weight is 375 g/mol. The molecule has 0 aliphatic carbocycles. The van der Waals surface area contributed by atoms with Crippen molar-refractivity contribution in [3.63, 3.8) is 0 Å². The Labute approximate surface area is 155 Å². The van der Waals surface area contributed by atoms with E-state index in [1.54, 1.807) is 39.5 Å². The van der Waals surface area contributed by atoms with E-state index in [4.69, 9.17) is 0 Å². The van der Waals surface area contributed by atoms with Crippen molar-refractivity contribution in [2.75, 3.05) is 0 Å². The van der Waals surface area contributed by atoms with Crippen LogP contribution in [0.1, 0.15) is 0 Å². The minimum Gasteiger partial charge on any atom is -0.265 e. The van der Waals surface area contributed by atoms with Crippen LogP contribution in [0.2, 0.25) is 0 Å². The van der Waals surface area contributed by atoms with Gasteiger partial charge in [-0.3, -0.25) is 14.5 Å². The van der Waals surface area contributed by atoms with Crippen LogP contribution < -0.4 is 0 Å². The number of nitrogens with zero attached hydrogens (tertiary/aromatic N) is 7. The van der Waals surface area contributed by atoms with Crippen LogP contribution in [-0.4, -0.2) is 34.3 Å². The van der Waals surface area contributed by atoms with Crippen LogP contribution in [0, 0.1) is 15.9 Å². The van der Waals surface area contributed by atoms with E-state index in [0.717, 1.165) is 0 Å². The summed E-state index contributed by atoms with van der Waals surface area (Å²) in [7, 11) is 0. The molecule has 28 heavy (non-hydrogen) atoms. The smallest absolute Gasteiger partial charge is 0.265 e. The lowest BCUT2D eigenvalue weighted by molar-refractivity contribution is -0.384. The molecule has 10 heteroatoms. The molecule has 0 fully saturated rings. The van der Waals surface area contributed by atoms with E-state index in [1.807, 2.05) is 0 Å². The lowest BCUT2D eigenvalue weighted by atomic mass is 10.2. The van der Waals surface area contributed by atoms with E-state index in [9.17, 15) is 14.5 Å². The summed E-state index contributed by atoms with van der Waals surface area (Å²) in [5, 5.41) is 24.4. The molecule has 0 N–H and O–H groups in total. The van der Waals surface area contributed by atoms with E-state index >= 15 is 0 Å². The van der Waals surface area contributed by atoms with Gasteiger partial charge in [-0.05, 0) is 24.3 Å². The highest BCUT2D eigenvalue weighted by Gasteiger charge is 2.17. The molecule has 0 saturated carbocycles. The first kappa shape index (κ1) is 16.0. The molecule has 0 aliphatic heterocycles. The molecule has 5 rings (SSSR count). The molecule has 0 radical (unpaired) electrons. The number of non-ortho nitro benzene ring substituents is 1. The Hall–Kier alpha value is -4.21. The first-order valence-corrected chi connectivity index (χ1v) is 8.20. The normalized spacial score (nSPS) is 11.3. The summed E-state index contributed by atoms with van der Waals surface area (Å²) in [6.07, 6.45) is 3.14. The van der Waals surface area contributed by atoms with Gasteiger partial charge < -0.3 is 0 Å². The number of hydrogen-bond donors (Lipinski definition) is 0. The van der Waals surface area contributed by atoms with Gasteiger partial charge in [0, 0.05) is 17.7 Å². The van der Waals surface area contributed by atoms with Gasteiger partial charge in [-0.25, -0.2) is 14.1 Å². The SMILES string of the molecule is O=[N+]([O-])c1cccc(-c2nnc3c4cnn(-c5ccc(F)cc5)c4ncn23)c1. The highest BCUT2D eigenvalue weighted by molar-refractivity contribution is 5.90. The third-order valence-corrected chi connectivity index (χ3v) is 4.36. The summed E-state index contributed by atoms with van der Waals surface area (Å²) >= 11 is 0. The highest BCUT2D eigenvalue weighted by atomic mass is 19.1. The van der Waals surface area contributed by atoms with Crippen molar-refractivity contribution in [1.29, 1.82) is 0 Å². The zero-order chi connectivity index (χ0) is 19.3. The zero-order valence-electron chi connectivity index (χ0n) is 14.1. The van der Waals surface area contributed by atoms with Crippen LogP contribution >= 0.6 is 0 Å². The summed E-state index contributed by atoms with van der Waals surface area (Å²) in [6, 6.07) is 12.1. The quantitative estimate of drug-likeness (QED) is 0.354. The minimum absolute atomic E-state index is 0.0348. The Balaban J connectivity index is 1.68. The maximum atomic E-state index is 13.2. The van der Waals surface area contributed by atoms with Gasteiger partial charge in [0.15, 0.2) is 17.1 Å². The minimum atomic E-state index is -0.462. The molecule has 3 heterocycles. The van der Waals surface area contributed by atoms with Gasteiger partial charge in [0.1, 0.15) is 12.1 Å². The molecule has 0 unspecified atom stereocenters. The topological polar surface area (TPSA) is 104 Å². The van der Waals surface area contributed by atoms with Crippen molar-refractivity contribution in [3.8, 4) is 17.1 Å². The van der Waals surface area contributed by atoms with E-state index in [-0.39, 0.29) is 11.5 Å². The number of aromatic nitrogens is 6. The molecule has 0 aliphatic rings. The second-order valence-corrected chi connectivity index (χ2v) is 6.04. The maximum Gasteiger partial charge on any atom is 0.270 e. The lowest BCUT2D eigenvalue weighted by Crippen LogP contribution is -1.99. The van der Waals surface area contributed by atoms with E-state index in [0.29, 0.717) is 33.8 Å². The third kappa shape index (κ3) is 2.39. The van der Waals surface area contributed by atoms with Gasteiger partial charge in [-0.2, -0.15) is 5.10 Å². The van der Waals surface area contributed by atoms with Crippen molar-refractivity contribution in [2.45, 2.75) is 0 Å². The number of nitro groups is 1. The number of halogens is 1. The summed E-state index contributed by atoms with van der Waals surface area (Å²) < 4.78 is 16.4. The molecule has 5 aromatic rings. The molecule has 3 aromatic heterocycles. The molecule has 0 amide bonds. The largest absolute Gasteiger partial charge is 0.270 e. The second kappa shape index (κ2) is 5.91. The van der Waals surface area contributed by atoms with E-state index < -0.39 is 4.92 Å². The predicted molar refractivity (Wildman–Crippen MR) is 97.5 cm³/mol. The molecule has 0 spiro atoms. The molecular formula is C18H10FN7O2. The summed E-state index contributed by atoms with van der Waals surface area (Å²) in [4.78, 5) is 15.0. The fraction of sp³-hybridized carbons (Fsp3) is 0. The van der Waals surface area contributed by atoms with Crippen LogP contribution in [0.5, 0.6) is 0 Å². The van der Waals surface area contributed by atoms with E-state index in [2.05, 4.69) is 20.3 Å². The van der Waals surface area contributed by atoms with Gasteiger partial charge in [-0.1, -0.05) is 12.1 Å². The van der Waals surface area contributed by atoms with Gasteiger partial charge in [0.05, 0.1) is 22.2 Å². The summed E-state index contributed by atoms with van der Waals surface area (Å²) in [6.45, 7) is 0. The second-order valence-electron chi connectivity index (χ2n) is 6.04. The Morgan fingerprint density at radius 3 is 2.64 bits per heavy atom. The fourth-order valence-electron chi connectivity index (χ4n) is 3.05. The van der Waals surface area contributed by atoms with Crippen LogP contribution in [0.25, 0.3) is 33.8 Å². The Kier molecular flexibility index (Phi) is 3.38. The number of benzene rings is 2. The fourth-order valence-corrected chi connectivity index (χ4v) is 3.05. The standard InChI is InChI=1S/C18H10FN7O2/c19-12-4-6-13(7-5-12)25-17-15(9-21-25)18-23-22-16(24(18)10-20-17)11-2-1-3-14(8-11)26(27)28/h1-10H. The first-order valence-electron chi connectivity index (χ1n) is 8.20. The number of hydrogen-bond acceptors (Lipinski definition) is 6. The van der Waals surface area contributed by atoms with Crippen LogP contribution in [0.4, 0.5) is 10.1 Å². The van der Waals surface area contributed by atoms with Crippen LogP contribution in [-0.2, 0) is 0 Å². The Morgan fingerprint density at radius 2 is 1.86 bits per heavy atom. The predicted octanol–water partition coefficient (Wildman–Crippen LogP) is 3.18. The van der Waals surface area contributed by atoms with Crippen molar-refractivity contribution >= 4 is 22.4 Å². The first-order chi connectivity index (χ1) is 13.6. The Bertz CT molecular complexity index is 1360. The molecule has 0 atom stereocenters. The van der Waals surface area contributed by atoms with Gasteiger partial charge in [-0.15, -0.1) is 10.2 Å². The number of rotatable bonds is 3. The van der Waals surface area contributed by atoms with Gasteiger partial charge >= 0.3 is 0 Å². The molecule has 2 aromatic carbocycles. The van der Waals surface area contributed by atoms with Crippen LogP contribution in [0.15, 0.2) is 61.1 Å². The monoisotopic (exact) mass is 375 g/mol. The molecule has 9 nitrogen and oxygen atoms in total.